The zero-order valence-electron chi connectivity index (χ0n) is 19.3. The third-order valence-corrected chi connectivity index (χ3v) is 6.09. The fraction of sp³-hybridized carbons (Fsp3) is 0.296. The number of fused-ring (bicyclic) bond motifs is 1. The number of hydrogen-bond donors (Lipinski definition) is 0. The van der Waals surface area contributed by atoms with Crippen LogP contribution in [0.5, 0.6) is 0 Å². The Hall–Kier alpha value is -3.85. The summed E-state index contributed by atoms with van der Waals surface area (Å²) in [6.07, 6.45) is 5.62. The van der Waals surface area contributed by atoms with Gasteiger partial charge in [0.2, 0.25) is 0 Å². The van der Waals surface area contributed by atoms with Crippen LogP contribution in [-0.2, 0) is 29.4 Å². The van der Waals surface area contributed by atoms with Crippen molar-refractivity contribution in [2.45, 2.75) is 39.0 Å². The molecule has 0 bridgehead atoms. The molecule has 6 nitrogen and oxygen atoms in total. The molecule has 0 saturated carbocycles. The number of benzene rings is 1. The minimum Gasteiger partial charge on any atom is -0.469 e. The van der Waals surface area contributed by atoms with Gasteiger partial charge in [-0.05, 0) is 73.2 Å². The van der Waals surface area contributed by atoms with E-state index in [4.69, 9.17) is 9.84 Å². The van der Waals surface area contributed by atoms with Crippen LogP contribution in [0, 0.1) is 11.3 Å². The van der Waals surface area contributed by atoms with Gasteiger partial charge < -0.3 is 9.30 Å². The van der Waals surface area contributed by atoms with E-state index in [-0.39, 0.29) is 5.97 Å². The molecule has 0 radical (unpaired) electrons. The van der Waals surface area contributed by atoms with Gasteiger partial charge in [0.15, 0.2) is 0 Å². The van der Waals surface area contributed by atoms with Crippen LogP contribution in [0.15, 0.2) is 54.7 Å². The molecular formula is C27H28N4O2. The number of methoxy groups -OCH3 is 1. The Labute approximate surface area is 194 Å². The Morgan fingerprint density at radius 2 is 2.00 bits per heavy atom. The Balaban J connectivity index is 1.94. The van der Waals surface area contributed by atoms with Crippen LogP contribution < -0.4 is 0 Å². The van der Waals surface area contributed by atoms with Crippen LogP contribution in [0.2, 0.25) is 0 Å². The lowest BCUT2D eigenvalue weighted by Crippen LogP contribution is -2.08. The van der Waals surface area contributed by atoms with Crippen molar-refractivity contribution >= 4 is 11.5 Å². The summed E-state index contributed by atoms with van der Waals surface area (Å²) in [6, 6.07) is 18.4. The summed E-state index contributed by atoms with van der Waals surface area (Å²) in [7, 11) is 3.44. The molecule has 1 aromatic carbocycles. The molecule has 0 N–H and O–H groups in total. The highest BCUT2D eigenvalue weighted by Crippen LogP contribution is 2.37. The predicted molar refractivity (Wildman–Crippen MR) is 129 cm³/mol. The number of nitriles is 1. The van der Waals surface area contributed by atoms with Gasteiger partial charge in [-0.3, -0.25) is 4.79 Å². The lowest BCUT2D eigenvalue weighted by atomic mass is 9.92. The lowest BCUT2D eigenvalue weighted by molar-refractivity contribution is -0.140. The number of nitrogens with zero attached hydrogens (tertiary/aromatic N) is 4. The van der Waals surface area contributed by atoms with E-state index in [1.54, 1.807) is 0 Å². The number of carbonyl (C=O) groups is 1. The van der Waals surface area contributed by atoms with E-state index in [1.165, 1.54) is 7.11 Å². The maximum absolute atomic E-state index is 11.6. The number of hydrogen-bond acceptors (Lipinski definition) is 4. The highest BCUT2D eigenvalue weighted by atomic mass is 16.5. The molecule has 0 saturated heterocycles. The Bertz CT molecular complexity index is 1340. The monoisotopic (exact) mass is 440 g/mol. The molecule has 0 atom stereocenters. The summed E-state index contributed by atoms with van der Waals surface area (Å²) < 4.78 is 8.92. The second-order valence-electron chi connectivity index (χ2n) is 8.16. The summed E-state index contributed by atoms with van der Waals surface area (Å²) in [5.74, 6) is -0.188. The fourth-order valence-corrected chi connectivity index (χ4v) is 4.38. The third-order valence-electron chi connectivity index (χ3n) is 6.09. The summed E-state index contributed by atoms with van der Waals surface area (Å²) in [5, 5.41) is 14.6. The van der Waals surface area contributed by atoms with Crippen molar-refractivity contribution in [2.24, 2.45) is 7.05 Å². The van der Waals surface area contributed by atoms with E-state index in [9.17, 15) is 10.1 Å². The average Bonchev–Trinajstić information content (AvgIpc) is 3.46. The molecular weight excluding hydrogens is 412 g/mol. The van der Waals surface area contributed by atoms with E-state index in [2.05, 4.69) is 41.8 Å². The molecule has 3 aromatic heterocycles. The number of aromatic nitrogens is 3. The molecule has 33 heavy (non-hydrogen) atoms. The van der Waals surface area contributed by atoms with Crippen LogP contribution in [-0.4, -0.2) is 27.3 Å². The first-order valence-electron chi connectivity index (χ1n) is 11.3. The third kappa shape index (κ3) is 4.40. The second-order valence-corrected chi connectivity index (χ2v) is 8.16. The Kier molecular flexibility index (Phi) is 6.60. The van der Waals surface area contributed by atoms with Crippen molar-refractivity contribution in [3.05, 3.63) is 71.5 Å². The van der Waals surface area contributed by atoms with Crippen molar-refractivity contribution in [1.82, 2.24) is 14.2 Å². The number of unbranched alkanes of at least 4 members (excludes halogenated alkanes) is 1. The average molecular weight is 441 g/mol. The molecule has 0 spiro atoms. The van der Waals surface area contributed by atoms with E-state index in [0.29, 0.717) is 12.0 Å². The molecule has 0 aliphatic carbocycles. The summed E-state index contributed by atoms with van der Waals surface area (Å²) in [4.78, 5) is 11.6. The summed E-state index contributed by atoms with van der Waals surface area (Å²) >= 11 is 0. The van der Waals surface area contributed by atoms with Gasteiger partial charge in [0.05, 0.1) is 30.0 Å². The molecule has 0 amide bonds. The Morgan fingerprint density at radius 1 is 1.15 bits per heavy atom. The number of aryl methyl sites for hydroxylation is 2. The quantitative estimate of drug-likeness (QED) is 0.274. The topological polar surface area (TPSA) is 72.3 Å². The standard InChI is InChI=1S/C27H28N4O2/c1-4-21-14-15-23-26(20-10-7-9-19(17-20)18-28)22(11-5-6-13-25(32)33-3)27(29-31(21)23)24-12-8-16-30(24)2/h7-10,12,14-17H,4-6,11,13H2,1-3H3. The largest absolute Gasteiger partial charge is 0.469 e. The number of carbonyl (C=O) groups excluding carboxylic acids is 1. The smallest absolute Gasteiger partial charge is 0.305 e. The zero-order valence-corrected chi connectivity index (χ0v) is 19.3. The minimum absolute atomic E-state index is 0.188. The predicted octanol–water partition coefficient (Wildman–Crippen LogP) is 5.33. The van der Waals surface area contributed by atoms with Crippen molar-refractivity contribution in [1.29, 1.82) is 5.26 Å². The van der Waals surface area contributed by atoms with Crippen molar-refractivity contribution < 1.29 is 9.53 Å². The molecule has 168 valence electrons. The number of ether oxygens (including phenoxy) is 1. The molecule has 4 rings (SSSR count). The molecule has 4 aromatic rings. The molecule has 6 heteroatoms. The van der Waals surface area contributed by atoms with Crippen LogP contribution in [0.1, 0.15) is 43.0 Å². The van der Waals surface area contributed by atoms with Gasteiger partial charge in [-0.25, -0.2) is 4.52 Å². The summed E-state index contributed by atoms with van der Waals surface area (Å²) in [5.41, 5.74) is 7.98. The fourth-order valence-electron chi connectivity index (χ4n) is 4.38. The Morgan fingerprint density at radius 3 is 2.70 bits per heavy atom. The first-order chi connectivity index (χ1) is 16.1. The van der Waals surface area contributed by atoms with Crippen LogP contribution in [0.3, 0.4) is 0 Å². The number of esters is 1. The number of rotatable bonds is 8. The lowest BCUT2D eigenvalue weighted by Gasteiger charge is -2.18. The zero-order chi connectivity index (χ0) is 23.4. The second kappa shape index (κ2) is 9.74. The maximum Gasteiger partial charge on any atom is 0.305 e. The summed E-state index contributed by atoms with van der Waals surface area (Å²) in [6.45, 7) is 2.13. The van der Waals surface area contributed by atoms with E-state index in [0.717, 1.165) is 65.0 Å². The van der Waals surface area contributed by atoms with Crippen molar-refractivity contribution in [3.63, 3.8) is 0 Å². The van der Waals surface area contributed by atoms with Gasteiger partial charge in [-0.1, -0.05) is 19.1 Å². The van der Waals surface area contributed by atoms with E-state index < -0.39 is 0 Å². The van der Waals surface area contributed by atoms with Gasteiger partial charge in [0.1, 0.15) is 5.69 Å². The van der Waals surface area contributed by atoms with Gasteiger partial charge in [0.25, 0.3) is 0 Å². The molecule has 0 aliphatic rings. The normalized spacial score (nSPS) is 11.0. The van der Waals surface area contributed by atoms with Crippen LogP contribution in [0.4, 0.5) is 0 Å². The van der Waals surface area contributed by atoms with Gasteiger partial charge in [-0.15, -0.1) is 0 Å². The van der Waals surface area contributed by atoms with E-state index in [1.807, 2.05) is 42.0 Å². The molecule has 3 heterocycles. The van der Waals surface area contributed by atoms with Crippen molar-refractivity contribution in [2.75, 3.05) is 7.11 Å². The van der Waals surface area contributed by atoms with Gasteiger partial charge in [0, 0.05) is 30.9 Å². The SMILES string of the molecule is CCc1ccc2c(-c3cccc(C#N)c3)c(CCCCC(=O)OC)c(-c3cccn3C)nn12. The van der Waals surface area contributed by atoms with E-state index >= 15 is 0 Å². The highest BCUT2D eigenvalue weighted by Gasteiger charge is 2.21. The molecule has 0 unspecified atom stereocenters. The highest BCUT2D eigenvalue weighted by molar-refractivity contribution is 5.87. The maximum atomic E-state index is 11.6. The van der Waals surface area contributed by atoms with Crippen molar-refractivity contribution in [3.8, 4) is 28.6 Å². The minimum atomic E-state index is -0.188. The van der Waals surface area contributed by atoms with Gasteiger partial charge >= 0.3 is 5.97 Å². The van der Waals surface area contributed by atoms with Gasteiger partial charge in [-0.2, -0.15) is 10.4 Å². The van der Waals surface area contributed by atoms with Crippen LogP contribution >= 0.6 is 0 Å². The first-order valence-corrected chi connectivity index (χ1v) is 11.3. The first kappa shape index (κ1) is 22.3. The molecule has 0 fully saturated rings. The van der Waals surface area contributed by atoms with Crippen LogP contribution in [0.25, 0.3) is 28.0 Å². The molecule has 0 aliphatic heterocycles.